The standard InChI is InChI=1S/C19H18F3N5/c1-13-3-2-6-23-18(13)16-9-15-12-26(7-8-27(15)25-16)11-14-4-5-17(24-10-14)19(20,21)22/h2-6,9-10H,7-8,11-12H2,1H3. The maximum Gasteiger partial charge on any atom is 0.433 e. The van der Waals surface area contributed by atoms with Gasteiger partial charge >= 0.3 is 6.18 Å². The molecule has 0 aliphatic carbocycles. The second-order valence-electron chi connectivity index (χ2n) is 6.67. The highest BCUT2D eigenvalue weighted by molar-refractivity contribution is 5.58. The Morgan fingerprint density at radius 2 is 1.96 bits per heavy atom. The fourth-order valence-electron chi connectivity index (χ4n) is 3.27. The summed E-state index contributed by atoms with van der Waals surface area (Å²) in [4.78, 5) is 10.1. The van der Waals surface area contributed by atoms with E-state index in [2.05, 4.69) is 20.0 Å². The Kier molecular flexibility index (Phi) is 4.43. The molecule has 0 amide bonds. The van der Waals surface area contributed by atoms with E-state index in [1.165, 1.54) is 12.3 Å². The Bertz CT molecular complexity index is 947. The third-order valence-corrected chi connectivity index (χ3v) is 4.65. The summed E-state index contributed by atoms with van der Waals surface area (Å²) in [7, 11) is 0. The predicted octanol–water partition coefficient (Wildman–Crippen LogP) is 3.68. The maximum absolute atomic E-state index is 12.6. The molecular weight excluding hydrogens is 355 g/mol. The molecule has 0 spiro atoms. The van der Waals surface area contributed by atoms with E-state index in [0.29, 0.717) is 13.1 Å². The summed E-state index contributed by atoms with van der Waals surface area (Å²) in [5.41, 5.74) is 3.76. The molecule has 0 fully saturated rings. The zero-order chi connectivity index (χ0) is 19.0. The largest absolute Gasteiger partial charge is 0.433 e. The molecule has 0 atom stereocenters. The first kappa shape index (κ1) is 17.7. The summed E-state index contributed by atoms with van der Waals surface area (Å²) in [6.07, 6.45) is -1.35. The molecule has 140 valence electrons. The molecule has 0 radical (unpaired) electrons. The van der Waals surface area contributed by atoms with Crippen molar-refractivity contribution in [3.63, 3.8) is 0 Å². The minimum atomic E-state index is -4.41. The van der Waals surface area contributed by atoms with E-state index < -0.39 is 11.9 Å². The second-order valence-corrected chi connectivity index (χ2v) is 6.67. The van der Waals surface area contributed by atoms with E-state index >= 15 is 0 Å². The quantitative estimate of drug-likeness (QED) is 0.703. The lowest BCUT2D eigenvalue weighted by molar-refractivity contribution is -0.141. The molecule has 0 saturated carbocycles. The summed E-state index contributed by atoms with van der Waals surface area (Å²) in [5, 5.41) is 4.65. The summed E-state index contributed by atoms with van der Waals surface area (Å²) in [5.74, 6) is 0. The molecule has 5 nitrogen and oxygen atoms in total. The SMILES string of the molecule is Cc1cccnc1-c1cc2n(n1)CCN(Cc1ccc(C(F)(F)F)nc1)C2. The Labute approximate surface area is 154 Å². The highest BCUT2D eigenvalue weighted by atomic mass is 19.4. The van der Waals surface area contributed by atoms with Crippen molar-refractivity contribution in [3.8, 4) is 11.4 Å². The van der Waals surface area contributed by atoms with Crippen LogP contribution in [0, 0.1) is 6.92 Å². The summed E-state index contributed by atoms with van der Waals surface area (Å²) in [6, 6.07) is 8.46. The molecule has 3 aromatic rings. The normalized spacial score (nSPS) is 15.0. The van der Waals surface area contributed by atoms with Crippen LogP contribution >= 0.6 is 0 Å². The molecule has 27 heavy (non-hydrogen) atoms. The number of pyridine rings is 2. The zero-order valence-electron chi connectivity index (χ0n) is 14.7. The van der Waals surface area contributed by atoms with Crippen molar-refractivity contribution in [2.45, 2.75) is 32.7 Å². The van der Waals surface area contributed by atoms with Crippen LogP contribution in [0.5, 0.6) is 0 Å². The van der Waals surface area contributed by atoms with Crippen molar-refractivity contribution in [1.29, 1.82) is 0 Å². The molecule has 0 saturated heterocycles. The van der Waals surface area contributed by atoms with Crippen molar-refractivity contribution in [2.24, 2.45) is 0 Å². The van der Waals surface area contributed by atoms with Gasteiger partial charge in [-0.15, -0.1) is 0 Å². The first-order valence-corrected chi connectivity index (χ1v) is 8.63. The van der Waals surface area contributed by atoms with Crippen LogP contribution in [0.4, 0.5) is 13.2 Å². The number of halogens is 3. The molecule has 4 rings (SSSR count). The van der Waals surface area contributed by atoms with Gasteiger partial charge in [-0.25, -0.2) is 0 Å². The predicted molar refractivity (Wildman–Crippen MR) is 93.5 cm³/mol. The molecule has 3 aromatic heterocycles. The van der Waals surface area contributed by atoms with Gasteiger partial charge in [0.05, 0.1) is 17.9 Å². The van der Waals surface area contributed by atoms with Gasteiger partial charge in [-0.2, -0.15) is 18.3 Å². The fourth-order valence-corrected chi connectivity index (χ4v) is 3.27. The third-order valence-electron chi connectivity index (χ3n) is 4.65. The molecule has 1 aliphatic heterocycles. The van der Waals surface area contributed by atoms with E-state index in [0.717, 1.165) is 47.4 Å². The number of aryl methyl sites for hydroxylation is 1. The van der Waals surface area contributed by atoms with Crippen molar-refractivity contribution in [2.75, 3.05) is 6.54 Å². The van der Waals surface area contributed by atoms with Gasteiger partial charge in [0.1, 0.15) is 11.4 Å². The lowest BCUT2D eigenvalue weighted by atomic mass is 10.1. The van der Waals surface area contributed by atoms with Crippen molar-refractivity contribution < 1.29 is 13.2 Å². The molecule has 8 heteroatoms. The Hall–Kier alpha value is -2.74. The second kappa shape index (κ2) is 6.77. The molecular formula is C19H18F3N5. The van der Waals surface area contributed by atoms with Crippen LogP contribution in [0.2, 0.25) is 0 Å². The number of aromatic nitrogens is 4. The number of alkyl halides is 3. The maximum atomic E-state index is 12.6. The Balaban J connectivity index is 1.48. The van der Waals surface area contributed by atoms with E-state index in [1.807, 2.05) is 29.8 Å². The number of hydrogen-bond acceptors (Lipinski definition) is 4. The first-order valence-electron chi connectivity index (χ1n) is 8.63. The third kappa shape index (κ3) is 3.71. The Morgan fingerprint density at radius 1 is 1.11 bits per heavy atom. The summed E-state index contributed by atoms with van der Waals surface area (Å²) >= 11 is 0. The van der Waals surface area contributed by atoms with Crippen molar-refractivity contribution >= 4 is 0 Å². The van der Waals surface area contributed by atoms with Crippen LogP contribution < -0.4 is 0 Å². The zero-order valence-corrected chi connectivity index (χ0v) is 14.7. The van der Waals surface area contributed by atoms with Crippen LogP contribution in [0.25, 0.3) is 11.4 Å². The van der Waals surface area contributed by atoms with Gasteiger partial charge in [-0.1, -0.05) is 12.1 Å². The highest BCUT2D eigenvalue weighted by Gasteiger charge is 2.32. The van der Waals surface area contributed by atoms with Crippen molar-refractivity contribution in [1.82, 2.24) is 24.6 Å². The number of hydrogen-bond donors (Lipinski definition) is 0. The van der Waals surface area contributed by atoms with Crippen LogP contribution in [-0.2, 0) is 25.8 Å². The number of fused-ring (bicyclic) bond motifs is 1. The first-order chi connectivity index (χ1) is 12.9. The highest BCUT2D eigenvalue weighted by Crippen LogP contribution is 2.28. The minimum absolute atomic E-state index is 0.550. The molecule has 0 unspecified atom stereocenters. The van der Waals surface area contributed by atoms with Gasteiger partial charge in [0.15, 0.2) is 0 Å². The smallest absolute Gasteiger partial charge is 0.291 e. The van der Waals surface area contributed by atoms with Gasteiger partial charge in [-0.3, -0.25) is 19.5 Å². The van der Waals surface area contributed by atoms with Crippen LogP contribution in [0.3, 0.4) is 0 Å². The Morgan fingerprint density at radius 3 is 2.67 bits per heavy atom. The fraction of sp³-hybridized carbons (Fsp3) is 0.316. The van der Waals surface area contributed by atoms with Crippen LogP contribution in [-0.4, -0.2) is 31.2 Å². The molecule has 0 bridgehead atoms. The average Bonchev–Trinajstić information content (AvgIpc) is 3.05. The van der Waals surface area contributed by atoms with Gasteiger partial charge in [0.2, 0.25) is 0 Å². The minimum Gasteiger partial charge on any atom is -0.291 e. The molecule has 4 heterocycles. The van der Waals surface area contributed by atoms with Gasteiger partial charge < -0.3 is 0 Å². The van der Waals surface area contributed by atoms with Crippen molar-refractivity contribution in [3.05, 3.63) is 65.2 Å². The van der Waals surface area contributed by atoms with Gasteiger partial charge in [0.25, 0.3) is 0 Å². The molecule has 1 aliphatic rings. The lowest BCUT2D eigenvalue weighted by Gasteiger charge is -2.27. The van der Waals surface area contributed by atoms with E-state index in [9.17, 15) is 13.2 Å². The van der Waals surface area contributed by atoms with Crippen LogP contribution in [0.1, 0.15) is 22.5 Å². The summed E-state index contributed by atoms with van der Waals surface area (Å²) < 4.78 is 39.9. The number of rotatable bonds is 3. The van der Waals surface area contributed by atoms with E-state index in [4.69, 9.17) is 0 Å². The molecule has 0 aromatic carbocycles. The topological polar surface area (TPSA) is 46.8 Å². The molecule has 0 N–H and O–H groups in total. The van der Waals surface area contributed by atoms with E-state index in [-0.39, 0.29) is 0 Å². The monoisotopic (exact) mass is 373 g/mol. The average molecular weight is 373 g/mol. The van der Waals surface area contributed by atoms with Gasteiger partial charge in [0, 0.05) is 32.0 Å². The lowest BCUT2D eigenvalue weighted by Crippen LogP contribution is -2.33. The summed E-state index contributed by atoms with van der Waals surface area (Å²) in [6.45, 7) is 4.74. The van der Waals surface area contributed by atoms with Crippen LogP contribution in [0.15, 0.2) is 42.7 Å². The van der Waals surface area contributed by atoms with Gasteiger partial charge in [-0.05, 0) is 36.2 Å². The van der Waals surface area contributed by atoms with E-state index in [1.54, 1.807) is 6.20 Å². The number of nitrogens with zero attached hydrogens (tertiary/aromatic N) is 5.